The standard InChI is InChI=1S/C17H10N4OS/c18-8-10-2-1-3-11(6-10)15-16(23-17(19)21-15)12-4-5-13-14(7-12)22-9-20-13/h1-7,9H,(H2,19,21). The van der Waals surface area contributed by atoms with Gasteiger partial charge in [0.1, 0.15) is 5.52 Å². The van der Waals surface area contributed by atoms with Gasteiger partial charge in [-0.3, -0.25) is 0 Å². The van der Waals surface area contributed by atoms with Gasteiger partial charge in [-0.25, -0.2) is 9.97 Å². The molecule has 4 aromatic rings. The molecule has 0 spiro atoms. The van der Waals surface area contributed by atoms with Crippen LogP contribution in [0.25, 0.3) is 32.8 Å². The van der Waals surface area contributed by atoms with Crippen molar-refractivity contribution in [3.8, 4) is 27.8 Å². The summed E-state index contributed by atoms with van der Waals surface area (Å²) in [5, 5.41) is 9.56. The van der Waals surface area contributed by atoms with Crippen LogP contribution in [0.1, 0.15) is 5.56 Å². The van der Waals surface area contributed by atoms with Crippen LogP contribution in [0.2, 0.25) is 0 Å². The van der Waals surface area contributed by atoms with Gasteiger partial charge in [-0.1, -0.05) is 29.5 Å². The zero-order chi connectivity index (χ0) is 15.8. The quantitative estimate of drug-likeness (QED) is 0.601. The second-order valence-electron chi connectivity index (χ2n) is 4.96. The van der Waals surface area contributed by atoms with E-state index in [1.54, 1.807) is 6.07 Å². The molecule has 0 atom stereocenters. The average molecular weight is 318 g/mol. The van der Waals surface area contributed by atoms with Crippen LogP contribution in [0.15, 0.2) is 53.3 Å². The Labute approximate surface area is 135 Å². The van der Waals surface area contributed by atoms with Gasteiger partial charge in [0.25, 0.3) is 0 Å². The van der Waals surface area contributed by atoms with E-state index in [9.17, 15) is 0 Å². The first-order valence-corrected chi connectivity index (χ1v) is 7.67. The average Bonchev–Trinajstić information content (AvgIpc) is 3.20. The van der Waals surface area contributed by atoms with E-state index in [2.05, 4.69) is 16.0 Å². The monoisotopic (exact) mass is 318 g/mol. The SMILES string of the molecule is N#Cc1cccc(-c2nc(N)sc2-c2ccc3ncoc3c2)c1. The van der Waals surface area contributed by atoms with Crippen molar-refractivity contribution >= 4 is 27.6 Å². The van der Waals surface area contributed by atoms with Gasteiger partial charge in [-0.05, 0) is 29.8 Å². The first kappa shape index (κ1) is 13.5. The molecule has 0 radical (unpaired) electrons. The van der Waals surface area contributed by atoms with Crippen LogP contribution in [0.3, 0.4) is 0 Å². The summed E-state index contributed by atoms with van der Waals surface area (Å²) in [4.78, 5) is 9.50. The number of fused-ring (bicyclic) bond motifs is 1. The summed E-state index contributed by atoms with van der Waals surface area (Å²) in [6.45, 7) is 0. The predicted octanol–water partition coefficient (Wildman–Crippen LogP) is 4.07. The first-order valence-electron chi connectivity index (χ1n) is 6.85. The van der Waals surface area contributed by atoms with E-state index < -0.39 is 0 Å². The Morgan fingerprint density at radius 1 is 1.13 bits per heavy atom. The maximum Gasteiger partial charge on any atom is 0.181 e. The topological polar surface area (TPSA) is 88.7 Å². The molecule has 4 rings (SSSR count). The number of nitrogens with two attached hydrogens (primary N) is 1. The fraction of sp³-hybridized carbons (Fsp3) is 0. The molecule has 0 saturated carbocycles. The molecule has 2 aromatic heterocycles. The van der Waals surface area contributed by atoms with Crippen LogP contribution in [0, 0.1) is 11.3 Å². The molecule has 2 heterocycles. The summed E-state index contributed by atoms with van der Waals surface area (Å²) in [6, 6.07) is 15.3. The van der Waals surface area contributed by atoms with Gasteiger partial charge in [0, 0.05) is 5.56 Å². The van der Waals surface area contributed by atoms with Gasteiger partial charge in [-0.2, -0.15) is 5.26 Å². The molecular formula is C17H10N4OS. The molecule has 5 nitrogen and oxygen atoms in total. The Bertz CT molecular complexity index is 1060. The lowest BCUT2D eigenvalue weighted by atomic mass is 10.0. The molecular weight excluding hydrogens is 308 g/mol. The first-order chi connectivity index (χ1) is 11.2. The highest BCUT2D eigenvalue weighted by atomic mass is 32.1. The smallest absolute Gasteiger partial charge is 0.181 e. The summed E-state index contributed by atoms with van der Waals surface area (Å²) < 4.78 is 5.37. The lowest BCUT2D eigenvalue weighted by Gasteiger charge is -2.03. The van der Waals surface area contributed by atoms with Gasteiger partial charge in [-0.15, -0.1) is 0 Å². The van der Waals surface area contributed by atoms with Crippen molar-refractivity contribution in [2.24, 2.45) is 0 Å². The molecule has 0 aliphatic heterocycles. The highest BCUT2D eigenvalue weighted by Crippen LogP contribution is 2.39. The Morgan fingerprint density at radius 2 is 2.04 bits per heavy atom. The van der Waals surface area contributed by atoms with Gasteiger partial charge in [0.05, 0.1) is 22.2 Å². The Morgan fingerprint density at radius 3 is 2.91 bits per heavy atom. The molecule has 0 amide bonds. The van der Waals surface area contributed by atoms with Crippen molar-refractivity contribution in [2.75, 3.05) is 5.73 Å². The molecule has 2 aromatic carbocycles. The molecule has 0 bridgehead atoms. The molecule has 6 heteroatoms. The number of nitrogens with zero attached hydrogens (tertiary/aromatic N) is 3. The molecule has 0 fully saturated rings. The predicted molar refractivity (Wildman–Crippen MR) is 89.7 cm³/mol. The molecule has 0 aliphatic rings. The number of benzene rings is 2. The minimum Gasteiger partial charge on any atom is -0.443 e. The lowest BCUT2D eigenvalue weighted by molar-refractivity contribution is 0.602. The largest absolute Gasteiger partial charge is 0.443 e. The molecule has 23 heavy (non-hydrogen) atoms. The number of nitriles is 1. The van der Waals surface area contributed by atoms with Gasteiger partial charge >= 0.3 is 0 Å². The van der Waals surface area contributed by atoms with Crippen molar-refractivity contribution < 1.29 is 4.42 Å². The van der Waals surface area contributed by atoms with E-state index in [0.29, 0.717) is 16.3 Å². The second-order valence-corrected chi connectivity index (χ2v) is 5.99. The van der Waals surface area contributed by atoms with Crippen LogP contribution < -0.4 is 5.73 Å². The summed E-state index contributed by atoms with van der Waals surface area (Å²) in [5.41, 5.74) is 10.6. The summed E-state index contributed by atoms with van der Waals surface area (Å²) in [5.74, 6) is 0. The number of anilines is 1. The van der Waals surface area contributed by atoms with E-state index in [1.165, 1.54) is 17.7 Å². The fourth-order valence-electron chi connectivity index (χ4n) is 2.46. The van der Waals surface area contributed by atoms with Gasteiger partial charge in [0.2, 0.25) is 0 Å². The zero-order valence-electron chi connectivity index (χ0n) is 11.9. The van der Waals surface area contributed by atoms with Crippen LogP contribution in [0.4, 0.5) is 5.13 Å². The van der Waals surface area contributed by atoms with E-state index in [4.69, 9.17) is 15.4 Å². The van der Waals surface area contributed by atoms with Crippen LogP contribution >= 0.6 is 11.3 Å². The van der Waals surface area contributed by atoms with E-state index in [-0.39, 0.29) is 0 Å². The number of nitrogen functional groups attached to an aromatic ring is 1. The minimum atomic E-state index is 0.482. The third kappa shape index (κ3) is 2.33. The molecule has 0 unspecified atom stereocenters. The maximum absolute atomic E-state index is 9.08. The zero-order valence-corrected chi connectivity index (χ0v) is 12.7. The van der Waals surface area contributed by atoms with Gasteiger partial charge < -0.3 is 10.2 Å². The Balaban J connectivity index is 1.90. The fourth-order valence-corrected chi connectivity index (χ4v) is 3.31. The number of rotatable bonds is 2. The third-order valence-electron chi connectivity index (χ3n) is 3.50. The highest BCUT2D eigenvalue weighted by molar-refractivity contribution is 7.19. The van der Waals surface area contributed by atoms with Crippen molar-refractivity contribution in [2.45, 2.75) is 0 Å². The molecule has 0 saturated heterocycles. The summed E-state index contributed by atoms with van der Waals surface area (Å²) in [7, 11) is 0. The van der Waals surface area contributed by atoms with Crippen LogP contribution in [0.5, 0.6) is 0 Å². The lowest BCUT2D eigenvalue weighted by Crippen LogP contribution is -1.85. The van der Waals surface area contributed by atoms with Gasteiger partial charge in [0.15, 0.2) is 17.1 Å². The number of oxazole rings is 1. The van der Waals surface area contributed by atoms with Crippen molar-refractivity contribution in [1.29, 1.82) is 5.26 Å². The van der Waals surface area contributed by atoms with E-state index in [0.717, 1.165) is 27.2 Å². The van der Waals surface area contributed by atoms with Crippen molar-refractivity contribution in [3.05, 3.63) is 54.4 Å². The number of hydrogen-bond donors (Lipinski definition) is 1. The summed E-state index contributed by atoms with van der Waals surface area (Å²) in [6.07, 6.45) is 1.42. The number of aromatic nitrogens is 2. The normalized spacial score (nSPS) is 10.7. The number of thiazole rings is 1. The van der Waals surface area contributed by atoms with E-state index >= 15 is 0 Å². The highest BCUT2D eigenvalue weighted by Gasteiger charge is 2.15. The maximum atomic E-state index is 9.08. The van der Waals surface area contributed by atoms with Crippen molar-refractivity contribution in [1.82, 2.24) is 9.97 Å². The Kier molecular flexibility index (Phi) is 3.07. The third-order valence-corrected chi connectivity index (χ3v) is 4.44. The Hall–Kier alpha value is -3.17. The summed E-state index contributed by atoms with van der Waals surface area (Å²) >= 11 is 1.41. The molecule has 0 aliphatic carbocycles. The minimum absolute atomic E-state index is 0.482. The number of hydrogen-bond acceptors (Lipinski definition) is 6. The molecule has 2 N–H and O–H groups in total. The van der Waals surface area contributed by atoms with Crippen molar-refractivity contribution in [3.63, 3.8) is 0 Å². The van der Waals surface area contributed by atoms with E-state index in [1.807, 2.05) is 36.4 Å². The van der Waals surface area contributed by atoms with Crippen LogP contribution in [-0.2, 0) is 0 Å². The van der Waals surface area contributed by atoms with Crippen LogP contribution in [-0.4, -0.2) is 9.97 Å². The second kappa shape index (κ2) is 5.23. The molecule has 110 valence electrons.